The van der Waals surface area contributed by atoms with Gasteiger partial charge in [-0.1, -0.05) is 218 Å². The number of allylic oxidation sites excluding steroid dienone is 3. The molecule has 0 aromatic carbocycles. The summed E-state index contributed by atoms with van der Waals surface area (Å²) in [7, 11) is 1.27. The molecule has 3 unspecified atom stereocenters. The lowest BCUT2D eigenvalue weighted by Crippen LogP contribution is -2.45. The van der Waals surface area contributed by atoms with E-state index in [-0.39, 0.29) is 19.1 Å². The van der Waals surface area contributed by atoms with Crippen molar-refractivity contribution in [2.24, 2.45) is 0 Å². The van der Waals surface area contributed by atoms with Crippen LogP contribution in [0, 0.1) is 0 Å². The standard InChI is InChI=1S/C51H101N2O6P/c1-6-8-10-12-14-16-18-20-22-23-24-25-26-27-28-29-30-31-33-35-37-39-41-43-45-51(55)52-49(48-59-60(56,57)58-47-46-53(3,4)5)50(54)44-42-40-38-36-34-32-21-19-17-15-13-11-9-7-2/h27-28,42,44,49-50,54H,6-26,29-41,43,45-48H2,1-5H3,(H-,52,55,56,57)/b28-27-,44-42+. The van der Waals surface area contributed by atoms with Crippen molar-refractivity contribution in [2.75, 3.05) is 40.9 Å². The summed E-state index contributed by atoms with van der Waals surface area (Å²) in [6.45, 7) is 4.66. The molecule has 0 saturated carbocycles. The van der Waals surface area contributed by atoms with Gasteiger partial charge in [0.15, 0.2) is 0 Å². The molecule has 9 heteroatoms. The number of hydrogen-bond acceptors (Lipinski definition) is 6. The molecule has 0 spiro atoms. The Balaban J connectivity index is 4.23. The average molecular weight is 869 g/mol. The van der Waals surface area contributed by atoms with Gasteiger partial charge in [0.25, 0.3) is 7.82 Å². The minimum absolute atomic E-state index is 0.000283. The molecule has 0 fully saturated rings. The monoisotopic (exact) mass is 869 g/mol. The van der Waals surface area contributed by atoms with Gasteiger partial charge in [0.05, 0.1) is 39.9 Å². The van der Waals surface area contributed by atoms with Crippen LogP contribution in [0.25, 0.3) is 0 Å². The van der Waals surface area contributed by atoms with Crippen LogP contribution in [0.1, 0.15) is 245 Å². The van der Waals surface area contributed by atoms with Gasteiger partial charge in [-0.2, -0.15) is 0 Å². The maximum Gasteiger partial charge on any atom is 0.268 e. The number of likely N-dealkylation sites (N-methyl/N-ethyl adjacent to an activating group) is 1. The number of aliphatic hydroxyl groups is 1. The Morgan fingerprint density at radius 2 is 0.917 bits per heavy atom. The Morgan fingerprint density at radius 3 is 1.30 bits per heavy atom. The Morgan fingerprint density at radius 1 is 0.567 bits per heavy atom. The molecule has 0 aliphatic carbocycles. The molecular weight excluding hydrogens is 768 g/mol. The van der Waals surface area contributed by atoms with E-state index in [4.69, 9.17) is 9.05 Å². The number of nitrogens with one attached hydrogen (secondary N) is 1. The van der Waals surface area contributed by atoms with Gasteiger partial charge in [0, 0.05) is 6.42 Å². The molecule has 0 aliphatic heterocycles. The highest BCUT2D eigenvalue weighted by atomic mass is 31.2. The molecule has 0 aliphatic rings. The number of phosphoric ester groups is 1. The molecule has 0 aromatic heterocycles. The zero-order valence-corrected chi connectivity index (χ0v) is 41.3. The van der Waals surface area contributed by atoms with Crippen LogP contribution in [0.15, 0.2) is 24.3 Å². The summed E-state index contributed by atoms with van der Waals surface area (Å²) in [5.41, 5.74) is 0. The maximum absolute atomic E-state index is 12.9. The smallest absolute Gasteiger partial charge is 0.268 e. The second kappa shape index (κ2) is 43.2. The van der Waals surface area contributed by atoms with E-state index in [1.165, 1.54) is 186 Å². The van der Waals surface area contributed by atoms with E-state index >= 15 is 0 Å². The van der Waals surface area contributed by atoms with E-state index in [2.05, 4.69) is 31.3 Å². The Labute approximate surface area is 373 Å². The number of carbonyl (C=O) groups excluding carboxylic acids is 1. The lowest BCUT2D eigenvalue weighted by Gasteiger charge is -2.29. The zero-order valence-electron chi connectivity index (χ0n) is 40.4. The van der Waals surface area contributed by atoms with E-state index in [1.54, 1.807) is 6.08 Å². The minimum atomic E-state index is -4.59. The van der Waals surface area contributed by atoms with E-state index in [0.717, 1.165) is 38.5 Å². The first kappa shape index (κ1) is 59.0. The summed E-state index contributed by atoms with van der Waals surface area (Å²) >= 11 is 0. The summed E-state index contributed by atoms with van der Waals surface area (Å²) in [5.74, 6) is -0.199. The SMILES string of the molecule is CCCCCCCCCCCCCC/C=C\CCCCCCCCCCC(=O)NC(COP(=O)([O-])OCC[N+](C)(C)C)C(O)/C=C/CCCCCCCCCCCCCC. The van der Waals surface area contributed by atoms with E-state index in [1.807, 2.05) is 27.2 Å². The van der Waals surface area contributed by atoms with Crippen LogP contribution in [-0.4, -0.2) is 68.5 Å². The predicted molar refractivity (Wildman–Crippen MR) is 256 cm³/mol. The Hall–Kier alpha value is -1.02. The molecule has 0 bridgehead atoms. The summed E-state index contributed by atoms with van der Waals surface area (Å²) in [5, 5.41) is 13.8. The fraction of sp³-hybridized carbons (Fsp3) is 0.902. The van der Waals surface area contributed by atoms with Gasteiger partial charge in [-0.25, -0.2) is 0 Å². The number of amides is 1. The molecule has 0 heterocycles. The van der Waals surface area contributed by atoms with Crippen LogP contribution >= 0.6 is 7.82 Å². The molecule has 3 atom stereocenters. The number of unbranched alkanes of at least 4 members (excludes halogenated alkanes) is 32. The van der Waals surface area contributed by atoms with Crippen molar-refractivity contribution in [3.63, 3.8) is 0 Å². The molecular formula is C51H101N2O6P. The Kier molecular flexibility index (Phi) is 42.5. The van der Waals surface area contributed by atoms with Gasteiger partial charge < -0.3 is 28.8 Å². The van der Waals surface area contributed by atoms with Crippen molar-refractivity contribution in [3.8, 4) is 0 Å². The Bertz CT molecular complexity index is 1030. The number of phosphoric acid groups is 1. The number of nitrogens with zero attached hydrogens (tertiary/aromatic N) is 1. The van der Waals surface area contributed by atoms with Crippen LogP contribution in [0.3, 0.4) is 0 Å². The number of quaternary nitrogens is 1. The third-order valence-electron chi connectivity index (χ3n) is 11.7. The van der Waals surface area contributed by atoms with E-state index in [0.29, 0.717) is 17.4 Å². The van der Waals surface area contributed by atoms with Crippen LogP contribution < -0.4 is 10.2 Å². The highest BCUT2D eigenvalue weighted by Crippen LogP contribution is 2.38. The quantitative estimate of drug-likeness (QED) is 0.0273. The first-order chi connectivity index (χ1) is 29.0. The first-order valence-electron chi connectivity index (χ1n) is 25.7. The highest BCUT2D eigenvalue weighted by molar-refractivity contribution is 7.45. The fourth-order valence-electron chi connectivity index (χ4n) is 7.56. The summed E-state index contributed by atoms with van der Waals surface area (Å²) in [6, 6.07) is -0.885. The lowest BCUT2D eigenvalue weighted by molar-refractivity contribution is -0.870. The van der Waals surface area contributed by atoms with Gasteiger partial charge in [-0.15, -0.1) is 0 Å². The van der Waals surface area contributed by atoms with Gasteiger partial charge in [0.2, 0.25) is 5.91 Å². The fourth-order valence-corrected chi connectivity index (χ4v) is 8.28. The number of carbonyl (C=O) groups is 1. The minimum Gasteiger partial charge on any atom is -0.756 e. The lowest BCUT2D eigenvalue weighted by atomic mass is 10.0. The molecule has 2 N–H and O–H groups in total. The largest absolute Gasteiger partial charge is 0.756 e. The molecule has 0 aromatic rings. The van der Waals surface area contributed by atoms with Gasteiger partial charge >= 0.3 is 0 Å². The predicted octanol–water partition coefficient (Wildman–Crippen LogP) is 14.2. The number of aliphatic hydroxyl groups excluding tert-OH is 1. The summed E-state index contributed by atoms with van der Waals surface area (Å²) < 4.78 is 23.3. The highest BCUT2D eigenvalue weighted by Gasteiger charge is 2.23. The van der Waals surface area contributed by atoms with Crippen molar-refractivity contribution in [2.45, 2.75) is 257 Å². The van der Waals surface area contributed by atoms with Gasteiger partial charge in [-0.05, 0) is 44.9 Å². The van der Waals surface area contributed by atoms with E-state index < -0.39 is 20.0 Å². The summed E-state index contributed by atoms with van der Waals surface area (Å²) in [6.07, 6.45) is 52.3. The molecule has 0 rings (SSSR count). The van der Waals surface area contributed by atoms with E-state index in [9.17, 15) is 19.4 Å². The number of hydrogen-bond donors (Lipinski definition) is 2. The normalized spacial score (nSPS) is 14.3. The first-order valence-corrected chi connectivity index (χ1v) is 27.2. The van der Waals surface area contributed by atoms with Crippen molar-refractivity contribution in [1.29, 1.82) is 0 Å². The second-order valence-corrected chi connectivity index (χ2v) is 20.3. The van der Waals surface area contributed by atoms with Crippen LogP contribution in [-0.2, 0) is 18.4 Å². The third-order valence-corrected chi connectivity index (χ3v) is 12.6. The van der Waals surface area contributed by atoms with Crippen molar-refractivity contribution in [3.05, 3.63) is 24.3 Å². The molecule has 1 amide bonds. The second-order valence-electron chi connectivity index (χ2n) is 18.9. The zero-order chi connectivity index (χ0) is 44.3. The van der Waals surface area contributed by atoms with Crippen LogP contribution in [0.5, 0.6) is 0 Å². The van der Waals surface area contributed by atoms with Crippen molar-refractivity contribution < 1.29 is 32.9 Å². The molecule has 8 nitrogen and oxygen atoms in total. The molecule has 60 heavy (non-hydrogen) atoms. The molecule has 356 valence electrons. The molecule has 0 saturated heterocycles. The number of rotatable bonds is 47. The van der Waals surface area contributed by atoms with Crippen molar-refractivity contribution in [1.82, 2.24) is 5.32 Å². The van der Waals surface area contributed by atoms with Gasteiger partial charge in [-0.3, -0.25) is 9.36 Å². The van der Waals surface area contributed by atoms with Crippen LogP contribution in [0.4, 0.5) is 0 Å². The van der Waals surface area contributed by atoms with Gasteiger partial charge in [0.1, 0.15) is 13.2 Å². The average Bonchev–Trinajstić information content (AvgIpc) is 3.20. The maximum atomic E-state index is 12.9. The van der Waals surface area contributed by atoms with Crippen molar-refractivity contribution >= 4 is 13.7 Å². The summed E-state index contributed by atoms with van der Waals surface area (Å²) in [4.78, 5) is 25.4. The topological polar surface area (TPSA) is 108 Å². The molecule has 0 radical (unpaired) electrons. The van der Waals surface area contributed by atoms with Crippen LogP contribution in [0.2, 0.25) is 0 Å². The third kappa shape index (κ3) is 45.0.